The Bertz CT molecular complexity index is 517. The van der Waals surface area contributed by atoms with Crippen LogP contribution >= 0.6 is 0 Å². The van der Waals surface area contributed by atoms with E-state index in [9.17, 15) is 4.79 Å². The SMILES string of the molecule is Cc1cc2c(o1)CC(C)(C)C[C@H]2NC(=O)N[C@H](C)C(C)C. The molecule has 2 N–H and O–H groups in total. The first-order valence-corrected chi connectivity index (χ1v) is 7.84. The molecule has 1 aromatic rings. The highest BCUT2D eigenvalue weighted by Crippen LogP contribution is 2.41. The van der Waals surface area contributed by atoms with Crippen molar-refractivity contribution in [2.75, 3.05) is 0 Å². The van der Waals surface area contributed by atoms with Gasteiger partial charge in [0.25, 0.3) is 0 Å². The molecule has 0 aromatic carbocycles. The molecule has 0 spiro atoms. The normalized spacial score (nSPS) is 21.8. The zero-order valence-electron chi connectivity index (χ0n) is 14.0. The van der Waals surface area contributed by atoms with Crippen LogP contribution in [0.15, 0.2) is 10.5 Å². The van der Waals surface area contributed by atoms with Gasteiger partial charge < -0.3 is 15.1 Å². The standard InChI is InChI=1S/C17H28N2O2/c1-10(2)12(4)18-16(20)19-14-8-17(5,6)9-15-13(14)7-11(3)21-15/h7,10,12,14H,8-9H2,1-6H3,(H2,18,19,20)/t12-,14-/m1/s1. The van der Waals surface area contributed by atoms with Gasteiger partial charge in [0.05, 0.1) is 6.04 Å². The summed E-state index contributed by atoms with van der Waals surface area (Å²) in [5.41, 5.74) is 1.28. The number of nitrogens with one attached hydrogen (secondary N) is 2. The summed E-state index contributed by atoms with van der Waals surface area (Å²) in [6.07, 6.45) is 1.86. The molecule has 0 aliphatic heterocycles. The van der Waals surface area contributed by atoms with Crippen LogP contribution in [-0.2, 0) is 6.42 Å². The number of fused-ring (bicyclic) bond motifs is 1. The molecule has 0 saturated heterocycles. The van der Waals surface area contributed by atoms with Crippen molar-refractivity contribution >= 4 is 6.03 Å². The molecule has 1 aromatic heterocycles. The van der Waals surface area contributed by atoms with Crippen LogP contribution in [0.3, 0.4) is 0 Å². The molecule has 118 valence electrons. The maximum Gasteiger partial charge on any atom is 0.315 e. The Morgan fingerprint density at radius 3 is 2.67 bits per heavy atom. The summed E-state index contributed by atoms with van der Waals surface area (Å²) in [4.78, 5) is 12.2. The summed E-state index contributed by atoms with van der Waals surface area (Å²) >= 11 is 0. The Kier molecular flexibility index (Phi) is 4.35. The zero-order chi connectivity index (χ0) is 15.8. The lowest BCUT2D eigenvalue weighted by atomic mass is 9.75. The highest BCUT2D eigenvalue weighted by Gasteiger charge is 2.35. The van der Waals surface area contributed by atoms with E-state index in [2.05, 4.69) is 44.4 Å². The summed E-state index contributed by atoms with van der Waals surface area (Å²) in [5.74, 6) is 2.36. The maximum atomic E-state index is 12.2. The minimum Gasteiger partial charge on any atom is -0.466 e. The minimum atomic E-state index is -0.0938. The van der Waals surface area contributed by atoms with E-state index in [1.807, 2.05) is 13.8 Å². The smallest absolute Gasteiger partial charge is 0.315 e. The van der Waals surface area contributed by atoms with Crippen molar-refractivity contribution in [1.29, 1.82) is 0 Å². The van der Waals surface area contributed by atoms with Gasteiger partial charge in [-0.15, -0.1) is 0 Å². The fraction of sp³-hybridized carbons (Fsp3) is 0.706. The molecule has 21 heavy (non-hydrogen) atoms. The van der Waals surface area contributed by atoms with E-state index in [0.717, 1.165) is 29.9 Å². The van der Waals surface area contributed by atoms with Gasteiger partial charge in [0, 0.05) is 18.0 Å². The summed E-state index contributed by atoms with van der Waals surface area (Å²) in [5, 5.41) is 6.13. The van der Waals surface area contributed by atoms with Gasteiger partial charge in [0.1, 0.15) is 11.5 Å². The third-order valence-electron chi connectivity index (χ3n) is 4.40. The molecule has 2 amide bonds. The summed E-state index contributed by atoms with van der Waals surface area (Å²) in [6, 6.07) is 2.15. The molecule has 0 fully saturated rings. The molecule has 1 aliphatic carbocycles. The van der Waals surface area contributed by atoms with E-state index in [4.69, 9.17) is 4.42 Å². The average molecular weight is 292 g/mol. The molecule has 1 heterocycles. The molecule has 0 unspecified atom stereocenters. The van der Waals surface area contributed by atoms with E-state index in [1.165, 1.54) is 0 Å². The van der Waals surface area contributed by atoms with Crippen molar-refractivity contribution < 1.29 is 9.21 Å². The van der Waals surface area contributed by atoms with Crippen molar-refractivity contribution in [3.63, 3.8) is 0 Å². The second-order valence-corrected chi connectivity index (χ2v) is 7.48. The van der Waals surface area contributed by atoms with Crippen molar-refractivity contribution in [3.8, 4) is 0 Å². The van der Waals surface area contributed by atoms with E-state index in [0.29, 0.717) is 5.92 Å². The van der Waals surface area contributed by atoms with Gasteiger partial charge in [-0.25, -0.2) is 4.79 Å². The molecule has 2 rings (SSSR count). The van der Waals surface area contributed by atoms with Crippen LogP contribution in [0.25, 0.3) is 0 Å². The van der Waals surface area contributed by atoms with Gasteiger partial charge in [-0.1, -0.05) is 27.7 Å². The highest BCUT2D eigenvalue weighted by molar-refractivity contribution is 5.74. The number of hydrogen-bond acceptors (Lipinski definition) is 2. The number of carbonyl (C=O) groups excluding carboxylic acids is 1. The largest absolute Gasteiger partial charge is 0.466 e. The van der Waals surface area contributed by atoms with Crippen LogP contribution < -0.4 is 10.6 Å². The minimum absolute atomic E-state index is 0.0283. The van der Waals surface area contributed by atoms with Crippen LogP contribution in [0.1, 0.15) is 64.2 Å². The van der Waals surface area contributed by atoms with Crippen molar-refractivity contribution in [3.05, 3.63) is 23.2 Å². The fourth-order valence-electron chi connectivity index (χ4n) is 2.89. The third-order valence-corrected chi connectivity index (χ3v) is 4.40. The van der Waals surface area contributed by atoms with Crippen LogP contribution in [0.2, 0.25) is 0 Å². The van der Waals surface area contributed by atoms with Gasteiger partial charge in [-0.3, -0.25) is 0 Å². The van der Waals surface area contributed by atoms with Gasteiger partial charge in [0.2, 0.25) is 0 Å². The van der Waals surface area contributed by atoms with E-state index < -0.39 is 0 Å². The van der Waals surface area contributed by atoms with Gasteiger partial charge in [-0.2, -0.15) is 0 Å². The summed E-state index contributed by atoms with van der Waals surface area (Å²) < 4.78 is 5.80. The van der Waals surface area contributed by atoms with Crippen LogP contribution in [0.5, 0.6) is 0 Å². The maximum absolute atomic E-state index is 12.2. The highest BCUT2D eigenvalue weighted by atomic mass is 16.3. The number of amides is 2. The Balaban J connectivity index is 2.10. The molecule has 0 radical (unpaired) electrons. The second-order valence-electron chi connectivity index (χ2n) is 7.48. The number of rotatable bonds is 3. The molecule has 4 nitrogen and oxygen atoms in total. The Labute approximate surface area is 127 Å². The molecular weight excluding hydrogens is 264 g/mol. The predicted octanol–water partition coefficient (Wildman–Crippen LogP) is 3.95. The molecular formula is C17H28N2O2. The Morgan fingerprint density at radius 2 is 2.05 bits per heavy atom. The molecule has 0 saturated carbocycles. The Morgan fingerprint density at radius 1 is 1.38 bits per heavy atom. The van der Waals surface area contributed by atoms with Crippen molar-refractivity contribution in [1.82, 2.24) is 10.6 Å². The monoisotopic (exact) mass is 292 g/mol. The van der Waals surface area contributed by atoms with E-state index in [1.54, 1.807) is 0 Å². The molecule has 1 aliphatic rings. The van der Waals surface area contributed by atoms with Crippen LogP contribution in [0.4, 0.5) is 4.79 Å². The van der Waals surface area contributed by atoms with E-state index >= 15 is 0 Å². The lowest BCUT2D eigenvalue weighted by Gasteiger charge is -2.35. The van der Waals surface area contributed by atoms with Crippen LogP contribution in [0, 0.1) is 18.3 Å². The third kappa shape index (κ3) is 3.80. The second kappa shape index (κ2) is 5.74. The predicted molar refractivity (Wildman–Crippen MR) is 84.3 cm³/mol. The first kappa shape index (κ1) is 15.9. The first-order chi connectivity index (χ1) is 9.68. The average Bonchev–Trinajstić information content (AvgIpc) is 2.67. The zero-order valence-corrected chi connectivity index (χ0v) is 14.0. The van der Waals surface area contributed by atoms with E-state index in [-0.39, 0.29) is 23.5 Å². The summed E-state index contributed by atoms with van der Waals surface area (Å²) in [7, 11) is 0. The number of urea groups is 1. The lowest BCUT2D eigenvalue weighted by molar-refractivity contribution is 0.210. The molecule has 2 atom stereocenters. The number of aryl methyl sites for hydroxylation is 1. The number of carbonyl (C=O) groups is 1. The Hall–Kier alpha value is -1.45. The van der Waals surface area contributed by atoms with Crippen molar-refractivity contribution in [2.45, 2.75) is 66.5 Å². The quantitative estimate of drug-likeness (QED) is 0.886. The van der Waals surface area contributed by atoms with Gasteiger partial charge in [0.15, 0.2) is 0 Å². The number of furan rings is 1. The van der Waals surface area contributed by atoms with Gasteiger partial charge in [-0.05, 0) is 37.7 Å². The van der Waals surface area contributed by atoms with Crippen molar-refractivity contribution in [2.24, 2.45) is 11.3 Å². The number of hydrogen-bond donors (Lipinski definition) is 2. The molecule has 0 bridgehead atoms. The lowest BCUT2D eigenvalue weighted by Crippen LogP contribution is -2.46. The fourth-order valence-corrected chi connectivity index (χ4v) is 2.89. The van der Waals surface area contributed by atoms with Gasteiger partial charge >= 0.3 is 6.03 Å². The summed E-state index contributed by atoms with van der Waals surface area (Å²) in [6.45, 7) is 12.6. The topological polar surface area (TPSA) is 54.3 Å². The van der Waals surface area contributed by atoms with Crippen LogP contribution in [-0.4, -0.2) is 12.1 Å². The first-order valence-electron chi connectivity index (χ1n) is 7.84. The molecule has 4 heteroatoms.